The van der Waals surface area contributed by atoms with Gasteiger partial charge in [0.2, 0.25) is 5.91 Å². The number of benzene rings is 2. The SMILES string of the molecule is C[C@H]1CN(c2ccc(C(F)(F)F)cc2)C(=O)c2c(C#Cc3cccc(C(N)=O)c3)cnn21. The van der Waals surface area contributed by atoms with Crippen molar-refractivity contribution in [1.82, 2.24) is 9.78 Å². The van der Waals surface area contributed by atoms with E-state index in [1.165, 1.54) is 23.2 Å². The van der Waals surface area contributed by atoms with E-state index in [0.717, 1.165) is 12.1 Å². The summed E-state index contributed by atoms with van der Waals surface area (Å²) in [6, 6.07) is 10.7. The molecule has 1 aliphatic rings. The third-order valence-electron chi connectivity index (χ3n) is 5.10. The number of aromatic nitrogens is 2. The lowest BCUT2D eigenvalue weighted by atomic mass is 10.1. The van der Waals surface area contributed by atoms with Gasteiger partial charge < -0.3 is 10.6 Å². The van der Waals surface area contributed by atoms with E-state index in [0.29, 0.717) is 22.4 Å². The first-order chi connectivity index (χ1) is 15.1. The van der Waals surface area contributed by atoms with Gasteiger partial charge in [0.15, 0.2) is 0 Å². The third-order valence-corrected chi connectivity index (χ3v) is 5.10. The summed E-state index contributed by atoms with van der Waals surface area (Å²) in [4.78, 5) is 26.0. The Morgan fingerprint density at radius 1 is 1.16 bits per heavy atom. The molecule has 0 bridgehead atoms. The quantitative estimate of drug-likeness (QED) is 0.621. The second kappa shape index (κ2) is 7.89. The average molecular weight is 438 g/mol. The normalized spacial score (nSPS) is 15.7. The van der Waals surface area contributed by atoms with E-state index >= 15 is 0 Å². The van der Waals surface area contributed by atoms with E-state index < -0.39 is 23.6 Å². The van der Waals surface area contributed by atoms with Crippen LogP contribution in [0.15, 0.2) is 54.7 Å². The van der Waals surface area contributed by atoms with Crippen molar-refractivity contribution in [3.8, 4) is 11.8 Å². The highest BCUT2D eigenvalue weighted by molar-refractivity contribution is 6.07. The van der Waals surface area contributed by atoms with Gasteiger partial charge in [-0.1, -0.05) is 17.9 Å². The van der Waals surface area contributed by atoms with Crippen molar-refractivity contribution in [2.45, 2.75) is 19.1 Å². The number of carbonyl (C=O) groups is 2. The number of nitrogens with zero attached hydrogens (tertiary/aromatic N) is 3. The fourth-order valence-corrected chi connectivity index (χ4v) is 3.50. The van der Waals surface area contributed by atoms with E-state index in [1.807, 2.05) is 6.92 Å². The maximum absolute atomic E-state index is 13.2. The highest BCUT2D eigenvalue weighted by Gasteiger charge is 2.34. The molecule has 0 radical (unpaired) electrons. The zero-order valence-corrected chi connectivity index (χ0v) is 16.8. The number of amides is 2. The first-order valence-corrected chi connectivity index (χ1v) is 9.63. The van der Waals surface area contributed by atoms with Crippen LogP contribution in [0.2, 0.25) is 0 Å². The summed E-state index contributed by atoms with van der Waals surface area (Å²) < 4.78 is 40.2. The predicted octanol–water partition coefficient (Wildman–Crippen LogP) is 3.62. The molecule has 32 heavy (non-hydrogen) atoms. The monoisotopic (exact) mass is 438 g/mol. The summed E-state index contributed by atoms with van der Waals surface area (Å²) in [5.41, 5.74) is 6.34. The van der Waals surface area contributed by atoms with Crippen molar-refractivity contribution < 1.29 is 22.8 Å². The van der Waals surface area contributed by atoms with Crippen molar-refractivity contribution in [3.63, 3.8) is 0 Å². The number of hydrogen-bond acceptors (Lipinski definition) is 3. The molecule has 0 fully saturated rings. The Balaban J connectivity index is 1.67. The van der Waals surface area contributed by atoms with Gasteiger partial charge in [-0.25, -0.2) is 0 Å². The molecule has 4 rings (SSSR count). The highest BCUT2D eigenvalue weighted by atomic mass is 19.4. The fraction of sp³-hybridized carbons (Fsp3) is 0.174. The Morgan fingerprint density at radius 3 is 2.53 bits per heavy atom. The zero-order chi connectivity index (χ0) is 23.0. The number of alkyl halides is 3. The Labute approximate surface area is 181 Å². The van der Waals surface area contributed by atoms with Crippen LogP contribution < -0.4 is 10.6 Å². The van der Waals surface area contributed by atoms with E-state index in [1.54, 1.807) is 28.9 Å². The van der Waals surface area contributed by atoms with Gasteiger partial charge in [-0.3, -0.25) is 14.3 Å². The summed E-state index contributed by atoms with van der Waals surface area (Å²) in [6.45, 7) is 2.11. The first-order valence-electron chi connectivity index (χ1n) is 9.63. The minimum atomic E-state index is -4.45. The number of anilines is 1. The Bertz CT molecular complexity index is 1270. The molecule has 2 amide bonds. The second-order valence-corrected chi connectivity index (χ2v) is 7.36. The van der Waals surface area contributed by atoms with Crippen LogP contribution in [-0.2, 0) is 6.18 Å². The van der Waals surface area contributed by atoms with E-state index in [4.69, 9.17) is 5.73 Å². The summed E-state index contributed by atoms with van der Waals surface area (Å²) in [5, 5.41) is 4.26. The number of hydrogen-bond donors (Lipinski definition) is 1. The number of nitrogens with two attached hydrogens (primary N) is 1. The number of rotatable bonds is 2. The van der Waals surface area contributed by atoms with Crippen molar-refractivity contribution in [2.75, 3.05) is 11.4 Å². The summed E-state index contributed by atoms with van der Waals surface area (Å²) >= 11 is 0. The molecule has 0 saturated heterocycles. The summed E-state index contributed by atoms with van der Waals surface area (Å²) in [6.07, 6.45) is -2.98. The highest BCUT2D eigenvalue weighted by Crippen LogP contribution is 2.32. The third kappa shape index (κ3) is 3.95. The first kappa shape index (κ1) is 21.2. The van der Waals surface area contributed by atoms with E-state index in [9.17, 15) is 22.8 Å². The molecular formula is C23H17F3N4O2. The lowest BCUT2D eigenvalue weighted by molar-refractivity contribution is -0.137. The number of carbonyl (C=O) groups excluding carboxylic acids is 2. The van der Waals surface area contributed by atoms with Crippen molar-refractivity contribution in [3.05, 3.63) is 82.7 Å². The number of halogens is 3. The second-order valence-electron chi connectivity index (χ2n) is 7.36. The topological polar surface area (TPSA) is 81.2 Å². The molecule has 0 spiro atoms. The molecule has 162 valence electrons. The van der Waals surface area contributed by atoms with Gasteiger partial charge in [-0.15, -0.1) is 0 Å². The number of fused-ring (bicyclic) bond motifs is 1. The van der Waals surface area contributed by atoms with Crippen LogP contribution in [0.25, 0.3) is 0 Å². The van der Waals surface area contributed by atoms with Crippen molar-refractivity contribution in [2.24, 2.45) is 5.73 Å². The van der Waals surface area contributed by atoms with Crippen LogP contribution in [-0.4, -0.2) is 28.1 Å². The van der Waals surface area contributed by atoms with Crippen LogP contribution >= 0.6 is 0 Å². The minimum absolute atomic E-state index is 0.210. The molecule has 0 aliphatic carbocycles. The molecule has 0 unspecified atom stereocenters. The molecule has 1 aliphatic heterocycles. The molecular weight excluding hydrogens is 421 g/mol. The molecule has 2 aromatic carbocycles. The Kier molecular flexibility index (Phi) is 5.22. The van der Waals surface area contributed by atoms with Crippen molar-refractivity contribution in [1.29, 1.82) is 0 Å². The summed E-state index contributed by atoms with van der Waals surface area (Å²) in [5.74, 6) is 4.82. The number of primary amides is 1. The average Bonchev–Trinajstić information content (AvgIpc) is 3.19. The summed E-state index contributed by atoms with van der Waals surface area (Å²) in [7, 11) is 0. The molecule has 9 heteroatoms. The lowest BCUT2D eigenvalue weighted by Gasteiger charge is -2.32. The van der Waals surface area contributed by atoms with Crippen LogP contribution in [0, 0.1) is 11.8 Å². The van der Waals surface area contributed by atoms with Crippen LogP contribution in [0.4, 0.5) is 18.9 Å². The minimum Gasteiger partial charge on any atom is -0.366 e. The smallest absolute Gasteiger partial charge is 0.366 e. The van der Waals surface area contributed by atoms with E-state index in [2.05, 4.69) is 16.9 Å². The molecule has 1 atom stereocenters. The van der Waals surface area contributed by atoms with Gasteiger partial charge >= 0.3 is 6.18 Å². The fourth-order valence-electron chi connectivity index (χ4n) is 3.50. The molecule has 3 aromatic rings. The standard InChI is InChI=1S/C23H17F3N4O2/c1-14-13-29(19-9-7-18(8-10-19)23(24,25)26)22(32)20-17(12-28-30(14)20)6-5-15-3-2-4-16(11-15)21(27)31/h2-4,7-12,14H,13H2,1H3,(H2,27,31)/t14-/m0/s1. The Morgan fingerprint density at radius 2 is 1.88 bits per heavy atom. The molecule has 2 heterocycles. The maximum atomic E-state index is 13.2. The van der Waals surface area contributed by atoms with Gasteiger partial charge in [-0.2, -0.15) is 18.3 Å². The molecule has 0 saturated carbocycles. The van der Waals surface area contributed by atoms with Gasteiger partial charge in [0.05, 0.1) is 23.4 Å². The molecule has 2 N–H and O–H groups in total. The maximum Gasteiger partial charge on any atom is 0.416 e. The predicted molar refractivity (Wildman–Crippen MR) is 111 cm³/mol. The van der Waals surface area contributed by atoms with Crippen molar-refractivity contribution >= 4 is 17.5 Å². The van der Waals surface area contributed by atoms with Gasteiger partial charge in [0.1, 0.15) is 5.69 Å². The lowest BCUT2D eigenvalue weighted by Crippen LogP contribution is -2.43. The van der Waals surface area contributed by atoms with Crippen LogP contribution in [0.5, 0.6) is 0 Å². The molecule has 6 nitrogen and oxygen atoms in total. The zero-order valence-electron chi connectivity index (χ0n) is 16.8. The van der Waals surface area contributed by atoms with Crippen LogP contribution in [0.1, 0.15) is 50.5 Å². The Hall–Kier alpha value is -4.06. The van der Waals surface area contributed by atoms with Gasteiger partial charge in [0.25, 0.3) is 5.91 Å². The van der Waals surface area contributed by atoms with E-state index in [-0.39, 0.29) is 18.3 Å². The molecule has 1 aromatic heterocycles. The largest absolute Gasteiger partial charge is 0.416 e. The van der Waals surface area contributed by atoms with Gasteiger partial charge in [0, 0.05) is 23.4 Å². The van der Waals surface area contributed by atoms with Gasteiger partial charge in [-0.05, 0) is 49.4 Å². The van der Waals surface area contributed by atoms with Crippen LogP contribution in [0.3, 0.4) is 0 Å².